The molecule has 1 fully saturated rings. The molecule has 1 atom stereocenters. The summed E-state index contributed by atoms with van der Waals surface area (Å²) in [7, 11) is 0. The number of carbonyl (C=O) groups excluding carboxylic acids is 1. The summed E-state index contributed by atoms with van der Waals surface area (Å²) in [5.41, 5.74) is 2.08. The average molecular weight is 373 g/mol. The van der Waals surface area contributed by atoms with Crippen LogP contribution in [0.3, 0.4) is 0 Å². The van der Waals surface area contributed by atoms with Crippen LogP contribution in [0.2, 0.25) is 0 Å². The number of amides is 1. The SMILES string of the molecule is C[C@@H]1S/C(=N\N=C/c2cccc3ccccc23)N(Cc2ccccc2)C1=O. The van der Waals surface area contributed by atoms with Gasteiger partial charge in [-0.2, -0.15) is 5.10 Å². The number of fused-ring (bicyclic) bond motifs is 1. The second-order valence-electron chi connectivity index (χ2n) is 6.37. The van der Waals surface area contributed by atoms with Gasteiger partial charge >= 0.3 is 0 Å². The topological polar surface area (TPSA) is 45.0 Å². The van der Waals surface area contributed by atoms with Crippen molar-refractivity contribution in [2.24, 2.45) is 10.2 Å². The van der Waals surface area contributed by atoms with Gasteiger partial charge in [-0.15, -0.1) is 5.10 Å². The summed E-state index contributed by atoms with van der Waals surface area (Å²) in [6.45, 7) is 2.42. The second-order valence-corrected chi connectivity index (χ2v) is 7.67. The molecule has 0 aromatic heterocycles. The molecule has 5 heteroatoms. The predicted octanol–water partition coefficient (Wildman–Crippen LogP) is 4.69. The van der Waals surface area contributed by atoms with Crippen LogP contribution in [-0.2, 0) is 11.3 Å². The Morgan fingerprint density at radius 3 is 2.59 bits per heavy atom. The lowest BCUT2D eigenvalue weighted by atomic mass is 10.1. The lowest BCUT2D eigenvalue weighted by Crippen LogP contribution is -2.30. The minimum absolute atomic E-state index is 0.0722. The van der Waals surface area contributed by atoms with Gasteiger partial charge in [0.05, 0.1) is 18.0 Å². The molecule has 0 bridgehead atoms. The predicted molar refractivity (Wildman–Crippen MR) is 113 cm³/mol. The molecule has 4 rings (SSSR count). The minimum atomic E-state index is -0.139. The van der Waals surface area contributed by atoms with Crippen LogP contribution in [-0.4, -0.2) is 27.4 Å². The molecule has 0 unspecified atom stereocenters. The maximum atomic E-state index is 12.5. The molecule has 1 aliphatic heterocycles. The first-order chi connectivity index (χ1) is 13.2. The first-order valence-corrected chi connectivity index (χ1v) is 9.71. The van der Waals surface area contributed by atoms with E-state index < -0.39 is 0 Å². The van der Waals surface area contributed by atoms with Crippen molar-refractivity contribution >= 4 is 39.8 Å². The molecule has 0 saturated carbocycles. The highest BCUT2D eigenvalue weighted by Gasteiger charge is 2.35. The highest BCUT2D eigenvalue weighted by atomic mass is 32.2. The number of carbonyl (C=O) groups is 1. The Hall–Kier alpha value is -2.92. The van der Waals surface area contributed by atoms with E-state index in [0.29, 0.717) is 11.7 Å². The zero-order chi connectivity index (χ0) is 18.6. The molecular weight excluding hydrogens is 354 g/mol. The lowest BCUT2D eigenvalue weighted by molar-refractivity contribution is -0.126. The van der Waals surface area contributed by atoms with Crippen molar-refractivity contribution in [3.8, 4) is 0 Å². The molecule has 27 heavy (non-hydrogen) atoms. The van der Waals surface area contributed by atoms with Gasteiger partial charge in [0.15, 0.2) is 5.17 Å². The number of nitrogens with zero attached hydrogens (tertiary/aromatic N) is 3. The molecule has 0 radical (unpaired) electrons. The van der Waals surface area contributed by atoms with Gasteiger partial charge in [-0.05, 0) is 23.3 Å². The van der Waals surface area contributed by atoms with Crippen LogP contribution in [0.4, 0.5) is 0 Å². The highest BCUT2D eigenvalue weighted by Crippen LogP contribution is 2.28. The molecule has 1 heterocycles. The van der Waals surface area contributed by atoms with Gasteiger partial charge in [-0.1, -0.05) is 84.6 Å². The molecular formula is C22H19N3OS. The third-order valence-electron chi connectivity index (χ3n) is 4.47. The smallest absolute Gasteiger partial charge is 0.242 e. The van der Waals surface area contributed by atoms with Gasteiger partial charge in [-0.3, -0.25) is 9.69 Å². The van der Waals surface area contributed by atoms with E-state index in [4.69, 9.17) is 0 Å². The Morgan fingerprint density at radius 1 is 1.00 bits per heavy atom. The average Bonchev–Trinajstić information content (AvgIpc) is 2.97. The quantitative estimate of drug-likeness (QED) is 0.492. The van der Waals surface area contributed by atoms with Crippen molar-refractivity contribution in [2.45, 2.75) is 18.7 Å². The number of hydrogen-bond acceptors (Lipinski definition) is 4. The summed E-state index contributed by atoms with van der Waals surface area (Å²) < 4.78 is 0. The number of amidine groups is 1. The van der Waals surface area contributed by atoms with Crippen molar-refractivity contribution in [1.29, 1.82) is 0 Å². The van der Waals surface area contributed by atoms with Crippen LogP contribution in [0, 0.1) is 0 Å². The summed E-state index contributed by atoms with van der Waals surface area (Å²) in [4.78, 5) is 14.2. The van der Waals surface area contributed by atoms with Crippen molar-refractivity contribution < 1.29 is 4.79 Å². The van der Waals surface area contributed by atoms with E-state index in [1.807, 2.05) is 61.5 Å². The maximum Gasteiger partial charge on any atom is 0.242 e. The van der Waals surface area contributed by atoms with Gasteiger partial charge in [0.1, 0.15) is 0 Å². The number of thioether (sulfide) groups is 1. The standard InChI is InChI=1S/C22H19N3OS/c1-16-21(26)25(15-17-8-3-2-4-9-17)22(27-16)24-23-14-19-12-7-11-18-10-5-6-13-20(18)19/h2-14,16H,15H2,1H3/b23-14-,24-22-/t16-/m0/s1. The van der Waals surface area contributed by atoms with Crippen LogP contribution >= 0.6 is 11.8 Å². The highest BCUT2D eigenvalue weighted by molar-refractivity contribution is 8.15. The van der Waals surface area contributed by atoms with E-state index >= 15 is 0 Å². The summed E-state index contributed by atoms with van der Waals surface area (Å²) in [5.74, 6) is 0.0722. The molecule has 0 aliphatic carbocycles. The van der Waals surface area contributed by atoms with Crippen LogP contribution in [0.5, 0.6) is 0 Å². The molecule has 0 spiro atoms. The third-order valence-corrected chi connectivity index (χ3v) is 5.54. The molecule has 0 N–H and O–H groups in total. The van der Waals surface area contributed by atoms with Gasteiger partial charge in [0, 0.05) is 5.56 Å². The third kappa shape index (κ3) is 3.78. The molecule has 3 aromatic carbocycles. The Morgan fingerprint density at radius 2 is 1.74 bits per heavy atom. The zero-order valence-corrected chi connectivity index (χ0v) is 15.8. The first kappa shape index (κ1) is 17.5. The van der Waals surface area contributed by atoms with Crippen LogP contribution in [0.1, 0.15) is 18.1 Å². The number of benzene rings is 3. The largest absolute Gasteiger partial charge is 0.284 e. The first-order valence-electron chi connectivity index (χ1n) is 8.83. The number of hydrogen-bond donors (Lipinski definition) is 0. The Bertz CT molecular complexity index is 1020. The molecule has 134 valence electrons. The number of rotatable bonds is 4. The second kappa shape index (κ2) is 7.76. The summed E-state index contributed by atoms with van der Waals surface area (Å²) in [6.07, 6.45) is 1.75. The van der Waals surface area contributed by atoms with E-state index in [1.165, 1.54) is 17.1 Å². The fourth-order valence-electron chi connectivity index (χ4n) is 3.08. The summed E-state index contributed by atoms with van der Waals surface area (Å²) >= 11 is 1.45. The lowest BCUT2D eigenvalue weighted by Gasteiger charge is -2.15. The minimum Gasteiger partial charge on any atom is -0.284 e. The van der Waals surface area contributed by atoms with E-state index in [2.05, 4.69) is 28.4 Å². The van der Waals surface area contributed by atoms with Crippen LogP contribution in [0.15, 0.2) is 83.0 Å². The van der Waals surface area contributed by atoms with Crippen LogP contribution in [0.25, 0.3) is 10.8 Å². The van der Waals surface area contributed by atoms with Gasteiger partial charge in [0.25, 0.3) is 0 Å². The molecule has 1 amide bonds. The normalized spacial score (nSPS) is 18.9. The Kier molecular flexibility index (Phi) is 5.03. The zero-order valence-electron chi connectivity index (χ0n) is 14.9. The van der Waals surface area contributed by atoms with Crippen molar-refractivity contribution in [1.82, 2.24) is 4.90 Å². The fraction of sp³-hybridized carbons (Fsp3) is 0.136. The van der Waals surface area contributed by atoms with Gasteiger partial charge in [-0.25, -0.2) is 0 Å². The van der Waals surface area contributed by atoms with Gasteiger partial charge in [0.2, 0.25) is 5.91 Å². The van der Waals surface area contributed by atoms with Crippen molar-refractivity contribution in [3.63, 3.8) is 0 Å². The van der Waals surface area contributed by atoms with Gasteiger partial charge < -0.3 is 0 Å². The molecule has 4 nitrogen and oxygen atoms in total. The fourth-order valence-corrected chi connectivity index (χ4v) is 4.00. The van der Waals surface area contributed by atoms with E-state index in [9.17, 15) is 4.79 Å². The Balaban J connectivity index is 1.59. The Labute approximate surface area is 162 Å². The van der Waals surface area contributed by atoms with Crippen LogP contribution < -0.4 is 0 Å². The van der Waals surface area contributed by atoms with E-state index in [1.54, 1.807) is 11.1 Å². The van der Waals surface area contributed by atoms with Crippen molar-refractivity contribution in [2.75, 3.05) is 0 Å². The molecule has 1 saturated heterocycles. The monoisotopic (exact) mass is 373 g/mol. The van der Waals surface area contributed by atoms with Crippen molar-refractivity contribution in [3.05, 3.63) is 83.9 Å². The summed E-state index contributed by atoms with van der Waals surface area (Å²) in [6, 6.07) is 24.2. The molecule has 1 aliphatic rings. The summed E-state index contributed by atoms with van der Waals surface area (Å²) in [5, 5.41) is 11.4. The van der Waals surface area contributed by atoms with E-state index in [-0.39, 0.29) is 11.2 Å². The maximum absolute atomic E-state index is 12.5. The molecule has 3 aromatic rings. The van der Waals surface area contributed by atoms with E-state index in [0.717, 1.165) is 16.5 Å².